The molecule has 0 atom stereocenters. The summed E-state index contributed by atoms with van der Waals surface area (Å²) >= 11 is 0. The Morgan fingerprint density at radius 3 is 1.68 bits per heavy atom. The molecule has 308 valence electrons. The molecule has 0 saturated carbocycles. The smallest absolute Gasteiger partial charge is 0.0645 e. The summed E-state index contributed by atoms with van der Waals surface area (Å²) in [5.41, 5.74) is 10.0. The third kappa shape index (κ3) is 6.57. The van der Waals surface area contributed by atoms with Crippen molar-refractivity contribution >= 4 is 38.9 Å². The van der Waals surface area contributed by atoms with Crippen molar-refractivity contribution < 1.29 is 17.8 Å². The molecule has 0 radical (unpaired) electrons. The molecule has 0 amide bonds. The molecule has 65 heavy (non-hydrogen) atoms. The minimum Gasteiger partial charge on any atom is -0.310 e. The molecular weight excluding hydrogens is 785 g/mol. The van der Waals surface area contributed by atoms with Gasteiger partial charge in [-0.1, -0.05) is 177 Å². The number of anilines is 3. The van der Waals surface area contributed by atoms with Crippen molar-refractivity contribution in [1.29, 1.82) is 0 Å². The lowest BCUT2D eigenvalue weighted by Gasteiger charge is -2.28. The monoisotopic (exact) mass is 843 g/mol. The van der Waals surface area contributed by atoms with Gasteiger partial charge in [0, 0.05) is 38.9 Å². The van der Waals surface area contributed by atoms with Gasteiger partial charge < -0.3 is 9.47 Å². The Labute approximate surface area is 399 Å². The molecular formula is C63H46N2. The first-order valence-electron chi connectivity index (χ1n) is 28.0. The molecule has 2 nitrogen and oxygen atoms in total. The van der Waals surface area contributed by atoms with Crippen molar-refractivity contribution in [1.82, 2.24) is 4.57 Å². The van der Waals surface area contributed by atoms with Crippen molar-refractivity contribution in [3.63, 3.8) is 0 Å². The Morgan fingerprint density at radius 1 is 0.400 bits per heavy atom. The largest absolute Gasteiger partial charge is 0.310 e. The van der Waals surface area contributed by atoms with E-state index in [1.165, 1.54) is 16.7 Å². The van der Waals surface area contributed by atoms with Gasteiger partial charge in [-0.2, -0.15) is 0 Å². The van der Waals surface area contributed by atoms with Crippen LogP contribution in [0.4, 0.5) is 17.1 Å². The molecule has 12 rings (SSSR count). The Morgan fingerprint density at radius 2 is 0.938 bits per heavy atom. The zero-order valence-corrected chi connectivity index (χ0v) is 35.5. The number of rotatable bonds is 8. The van der Waals surface area contributed by atoms with Crippen LogP contribution in [-0.4, -0.2) is 4.57 Å². The van der Waals surface area contributed by atoms with Crippen LogP contribution in [0.25, 0.3) is 83.1 Å². The van der Waals surface area contributed by atoms with Crippen LogP contribution in [0.1, 0.15) is 42.8 Å². The molecule has 0 spiro atoms. The molecule has 0 unspecified atom stereocenters. The predicted molar refractivity (Wildman–Crippen MR) is 275 cm³/mol. The second kappa shape index (κ2) is 15.6. The third-order valence-electron chi connectivity index (χ3n) is 12.6. The van der Waals surface area contributed by atoms with Crippen LogP contribution in [0.2, 0.25) is 0 Å². The van der Waals surface area contributed by atoms with E-state index in [0.717, 1.165) is 33.8 Å². The van der Waals surface area contributed by atoms with Gasteiger partial charge in [-0.15, -0.1) is 0 Å². The summed E-state index contributed by atoms with van der Waals surface area (Å²) in [6, 6.07) is 46.4. The van der Waals surface area contributed by atoms with Crippen LogP contribution >= 0.6 is 0 Å². The molecule has 0 bridgehead atoms. The van der Waals surface area contributed by atoms with Gasteiger partial charge in [0.2, 0.25) is 0 Å². The standard InChI is InChI=1S/C63H46N2/c1-63(2)58-26-14-12-23-55(58)56-38-37-53(42-59(56)63)64(51-33-29-45(30-34-51)43-17-6-3-7-18-43)52-35-31-46(32-36-52)48-39-47(44-19-8-4-9-20-44)40-49(41-48)54-25-16-28-61-62(54)57-24-13-15-27-60(57)65(61)50-21-10-5-11-22-50/h3-42H,1-2H3/i4D,5D,8D,9D,10D,11D,19D,20D,21D,22D,39D,40D,41D. The Balaban J connectivity index is 1.09. The zero-order valence-electron chi connectivity index (χ0n) is 48.5. The summed E-state index contributed by atoms with van der Waals surface area (Å²) in [4.78, 5) is 2.16. The average molecular weight is 844 g/mol. The molecule has 1 aliphatic carbocycles. The first-order valence-corrected chi connectivity index (χ1v) is 21.5. The number of hydrogen-bond donors (Lipinski definition) is 0. The van der Waals surface area contributed by atoms with E-state index in [2.05, 4.69) is 97.6 Å². The number of nitrogens with zero attached hydrogens (tertiary/aromatic N) is 2. The first kappa shape index (κ1) is 27.1. The number of fused-ring (bicyclic) bond motifs is 6. The number of hydrogen-bond acceptors (Lipinski definition) is 1. The van der Waals surface area contributed by atoms with Crippen LogP contribution in [-0.2, 0) is 5.41 Å². The highest BCUT2D eigenvalue weighted by atomic mass is 15.1. The molecule has 10 aromatic carbocycles. The van der Waals surface area contributed by atoms with Crippen molar-refractivity contribution in [2.75, 3.05) is 4.90 Å². The van der Waals surface area contributed by atoms with Gasteiger partial charge in [0.05, 0.1) is 28.9 Å². The number of para-hydroxylation sites is 2. The minimum atomic E-state index is -0.647. The molecule has 0 aliphatic heterocycles. The fourth-order valence-electron chi connectivity index (χ4n) is 9.56. The van der Waals surface area contributed by atoms with Gasteiger partial charge in [-0.3, -0.25) is 0 Å². The van der Waals surface area contributed by atoms with E-state index in [1.807, 2.05) is 30.3 Å². The second-order valence-electron chi connectivity index (χ2n) is 16.7. The van der Waals surface area contributed by atoms with Crippen LogP contribution in [0.5, 0.6) is 0 Å². The molecule has 1 aromatic heterocycles. The van der Waals surface area contributed by atoms with Crippen LogP contribution < -0.4 is 4.90 Å². The van der Waals surface area contributed by atoms with Gasteiger partial charge in [-0.25, -0.2) is 0 Å². The molecule has 1 heterocycles. The summed E-state index contributed by atoms with van der Waals surface area (Å²) in [5, 5.41) is 1.03. The highest BCUT2D eigenvalue weighted by Gasteiger charge is 2.35. The highest BCUT2D eigenvalue weighted by Crippen LogP contribution is 2.51. The van der Waals surface area contributed by atoms with E-state index < -0.39 is 66.5 Å². The van der Waals surface area contributed by atoms with Crippen LogP contribution in [0.15, 0.2) is 242 Å². The van der Waals surface area contributed by atoms with E-state index in [0.29, 0.717) is 32.9 Å². The van der Waals surface area contributed by atoms with Gasteiger partial charge in [0.25, 0.3) is 0 Å². The van der Waals surface area contributed by atoms with E-state index in [9.17, 15) is 4.11 Å². The maximum Gasteiger partial charge on any atom is 0.0645 e. The number of benzene rings is 10. The normalized spacial score (nSPS) is 15.4. The molecule has 0 fully saturated rings. The van der Waals surface area contributed by atoms with E-state index in [4.69, 9.17) is 13.7 Å². The Hall–Kier alpha value is -8.20. The average Bonchev–Trinajstić information content (AvgIpc) is 3.94. The first-order chi connectivity index (χ1) is 37.4. The topological polar surface area (TPSA) is 8.17 Å². The van der Waals surface area contributed by atoms with Crippen molar-refractivity contribution in [2.24, 2.45) is 0 Å². The molecule has 1 aliphatic rings. The van der Waals surface area contributed by atoms with E-state index in [-0.39, 0.29) is 45.4 Å². The molecule has 11 aromatic rings. The second-order valence-corrected chi connectivity index (χ2v) is 16.7. The summed E-state index contributed by atoms with van der Waals surface area (Å²) in [5.74, 6) is 0. The summed E-state index contributed by atoms with van der Waals surface area (Å²) in [6.45, 7) is 4.47. The van der Waals surface area contributed by atoms with E-state index in [1.54, 1.807) is 59.2 Å². The maximum atomic E-state index is 10.2. The zero-order chi connectivity index (χ0) is 54.8. The van der Waals surface area contributed by atoms with Gasteiger partial charge >= 0.3 is 0 Å². The van der Waals surface area contributed by atoms with Gasteiger partial charge in [-0.05, 0) is 146 Å². The molecule has 2 heteroatoms. The van der Waals surface area contributed by atoms with Crippen molar-refractivity contribution in [2.45, 2.75) is 19.3 Å². The lowest BCUT2D eigenvalue weighted by Crippen LogP contribution is -2.16. The lowest BCUT2D eigenvalue weighted by molar-refractivity contribution is 0.660. The Kier molecular flexibility index (Phi) is 6.48. The quantitative estimate of drug-likeness (QED) is 0.148. The highest BCUT2D eigenvalue weighted by molar-refractivity contribution is 6.16. The third-order valence-corrected chi connectivity index (χ3v) is 12.6. The van der Waals surface area contributed by atoms with Crippen LogP contribution in [0, 0.1) is 0 Å². The van der Waals surface area contributed by atoms with Gasteiger partial charge in [0.15, 0.2) is 0 Å². The minimum absolute atomic E-state index is 0.0108. The maximum absolute atomic E-state index is 10.2. The predicted octanol–water partition coefficient (Wildman–Crippen LogP) is 17.2. The van der Waals surface area contributed by atoms with Crippen LogP contribution in [0.3, 0.4) is 0 Å². The van der Waals surface area contributed by atoms with Crippen molar-refractivity contribution in [3.8, 4) is 61.3 Å². The lowest BCUT2D eigenvalue weighted by atomic mass is 9.82. The summed E-state index contributed by atoms with van der Waals surface area (Å²) in [7, 11) is 0. The fourth-order valence-corrected chi connectivity index (χ4v) is 9.56. The summed E-state index contributed by atoms with van der Waals surface area (Å²) in [6.07, 6.45) is 0. The molecule has 0 N–H and O–H groups in total. The van der Waals surface area contributed by atoms with E-state index >= 15 is 0 Å². The van der Waals surface area contributed by atoms with Crippen molar-refractivity contribution in [3.05, 3.63) is 253 Å². The van der Waals surface area contributed by atoms with Gasteiger partial charge in [0.1, 0.15) is 0 Å². The Bertz CT molecular complexity index is 4260. The molecule has 0 saturated heterocycles. The number of aromatic nitrogens is 1. The SMILES string of the molecule is [2H]c1c([2H])c([2H])c(-c2c([2H])c(-c3ccc(N(c4ccc(-c5ccccc5)cc4)c4ccc5c(c4)C(C)(C)c4ccccc4-5)cc3)c([2H])c(-c3cccc4c3c3ccccc3n4-c3c([2H])c([2H])c([2H])c([2H])c3[2H])c2[2H])c([2H])c1[2H]. The summed E-state index contributed by atoms with van der Waals surface area (Å²) < 4.78 is 119. The fraction of sp³-hybridized carbons (Fsp3) is 0.0476.